The van der Waals surface area contributed by atoms with E-state index in [1.165, 1.54) is 6.07 Å². The quantitative estimate of drug-likeness (QED) is 0.883. The SMILES string of the molecule is N#CC(NCc1cccs1)c1ccccc1OC(F)F. The highest BCUT2D eigenvalue weighted by Crippen LogP contribution is 2.26. The van der Waals surface area contributed by atoms with Crippen LogP contribution >= 0.6 is 11.3 Å². The van der Waals surface area contributed by atoms with Crippen LogP contribution in [0.25, 0.3) is 0 Å². The summed E-state index contributed by atoms with van der Waals surface area (Å²) in [6, 6.07) is 11.5. The molecule has 0 amide bonds. The fourth-order valence-electron chi connectivity index (χ4n) is 1.76. The minimum Gasteiger partial charge on any atom is -0.434 e. The molecule has 1 aromatic carbocycles. The molecule has 0 radical (unpaired) electrons. The zero-order valence-electron chi connectivity index (χ0n) is 10.4. The maximum absolute atomic E-state index is 12.4. The van der Waals surface area contributed by atoms with Crippen LogP contribution in [0.4, 0.5) is 8.78 Å². The van der Waals surface area contributed by atoms with Gasteiger partial charge in [-0.15, -0.1) is 11.3 Å². The number of para-hydroxylation sites is 1. The highest BCUT2D eigenvalue weighted by atomic mass is 32.1. The van der Waals surface area contributed by atoms with Gasteiger partial charge in [0.25, 0.3) is 0 Å². The van der Waals surface area contributed by atoms with Crippen LogP contribution in [-0.4, -0.2) is 6.61 Å². The Hall–Kier alpha value is -1.97. The lowest BCUT2D eigenvalue weighted by Gasteiger charge is -2.15. The molecule has 6 heteroatoms. The van der Waals surface area contributed by atoms with Crippen molar-refractivity contribution in [1.82, 2.24) is 5.32 Å². The molecule has 0 spiro atoms. The third-order valence-electron chi connectivity index (χ3n) is 2.64. The minimum absolute atomic E-state index is 0.0210. The van der Waals surface area contributed by atoms with Crippen molar-refractivity contribution in [3.8, 4) is 11.8 Å². The van der Waals surface area contributed by atoms with Gasteiger partial charge in [0, 0.05) is 17.0 Å². The lowest BCUT2D eigenvalue weighted by Crippen LogP contribution is -2.20. The van der Waals surface area contributed by atoms with E-state index in [-0.39, 0.29) is 5.75 Å². The molecule has 0 aliphatic heterocycles. The van der Waals surface area contributed by atoms with Crippen LogP contribution in [0.5, 0.6) is 5.75 Å². The zero-order valence-corrected chi connectivity index (χ0v) is 11.2. The third-order valence-corrected chi connectivity index (χ3v) is 3.51. The largest absolute Gasteiger partial charge is 0.434 e. The van der Waals surface area contributed by atoms with Crippen LogP contribution in [0.2, 0.25) is 0 Å². The molecule has 1 unspecified atom stereocenters. The normalized spacial score (nSPS) is 12.1. The number of nitriles is 1. The Balaban J connectivity index is 2.12. The number of nitrogens with one attached hydrogen (secondary N) is 1. The van der Waals surface area contributed by atoms with Gasteiger partial charge in [-0.25, -0.2) is 0 Å². The molecule has 1 atom stereocenters. The van der Waals surface area contributed by atoms with Crippen molar-refractivity contribution in [3.05, 3.63) is 52.2 Å². The Bertz CT molecular complexity index is 581. The van der Waals surface area contributed by atoms with Gasteiger partial charge >= 0.3 is 6.61 Å². The number of hydrogen-bond acceptors (Lipinski definition) is 4. The Morgan fingerprint density at radius 3 is 2.70 bits per heavy atom. The molecule has 0 saturated heterocycles. The van der Waals surface area contributed by atoms with E-state index in [2.05, 4.69) is 16.1 Å². The first-order valence-corrected chi connectivity index (χ1v) is 6.78. The van der Waals surface area contributed by atoms with Crippen LogP contribution < -0.4 is 10.1 Å². The van der Waals surface area contributed by atoms with Gasteiger partial charge in [0.15, 0.2) is 0 Å². The van der Waals surface area contributed by atoms with Crippen molar-refractivity contribution in [2.45, 2.75) is 19.2 Å². The number of halogens is 2. The molecule has 104 valence electrons. The molecule has 0 fully saturated rings. The first kappa shape index (κ1) is 14.4. The van der Waals surface area contributed by atoms with Crippen molar-refractivity contribution < 1.29 is 13.5 Å². The zero-order chi connectivity index (χ0) is 14.4. The second-order valence-electron chi connectivity index (χ2n) is 3.94. The highest BCUT2D eigenvalue weighted by Gasteiger charge is 2.17. The van der Waals surface area contributed by atoms with E-state index in [0.717, 1.165) is 4.88 Å². The van der Waals surface area contributed by atoms with Gasteiger partial charge in [0.05, 0.1) is 6.07 Å². The maximum Gasteiger partial charge on any atom is 0.387 e. The van der Waals surface area contributed by atoms with Gasteiger partial charge in [-0.3, -0.25) is 5.32 Å². The van der Waals surface area contributed by atoms with Crippen LogP contribution in [0.15, 0.2) is 41.8 Å². The smallest absolute Gasteiger partial charge is 0.387 e. The number of hydrogen-bond donors (Lipinski definition) is 1. The Morgan fingerprint density at radius 1 is 1.25 bits per heavy atom. The number of nitrogens with zero attached hydrogens (tertiary/aromatic N) is 1. The second-order valence-corrected chi connectivity index (χ2v) is 4.97. The summed E-state index contributed by atoms with van der Waals surface area (Å²) in [5.41, 5.74) is 0.409. The second kappa shape index (κ2) is 6.98. The van der Waals surface area contributed by atoms with E-state index >= 15 is 0 Å². The summed E-state index contributed by atoms with van der Waals surface area (Å²) in [5.74, 6) is 0.0210. The van der Waals surface area contributed by atoms with E-state index in [9.17, 15) is 14.0 Å². The van der Waals surface area contributed by atoms with Crippen LogP contribution in [0.3, 0.4) is 0 Å². The lowest BCUT2D eigenvalue weighted by molar-refractivity contribution is -0.0505. The van der Waals surface area contributed by atoms with E-state index in [0.29, 0.717) is 12.1 Å². The summed E-state index contributed by atoms with van der Waals surface area (Å²) in [6.07, 6.45) is 0. The summed E-state index contributed by atoms with van der Waals surface area (Å²) in [4.78, 5) is 1.07. The predicted octanol–water partition coefficient (Wildman–Crippen LogP) is 3.70. The Labute approximate surface area is 119 Å². The molecular weight excluding hydrogens is 282 g/mol. The molecule has 1 N–H and O–H groups in total. The minimum atomic E-state index is -2.91. The van der Waals surface area contributed by atoms with Gasteiger partial charge < -0.3 is 4.74 Å². The summed E-state index contributed by atoms with van der Waals surface area (Å²) >= 11 is 1.56. The predicted molar refractivity (Wildman–Crippen MR) is 72.6 cm³/mol. The summed E-state index contributed by atoms with van der Waals surface area (Å²) in [7, 11) is 0. The summed E-state index contributed by atoms with van der Waals surface area (Å²) in [5, 5.41) is 14.2. The number of alkyl halides is 2. The van der Waals surface area contributed by atoms with Crippen molar-refractivity contribution >= 4 is 11.3 Å². The molecule has 0 aliphatic rings. The Morgan fingerprint density at radius 2 is 2.05 bits per heavy atom. The van der Waals surface area contributed by atoms with Gasteiger partial charge in [-0.05, 0) is 17.5 Å². The first-order valence-electron chi connectivity index (χ1n) is 5.90. The molecule has 0 aliphatic carbocycles. The van der Waals surface area contributed by atoms with E-state index in [1.807, 2.05) is 17.5 Å². The standard InChI is InChI=1S/C14H12F2N2OS/c15-14(16)19-13-6-2-1-5-11(13)12(8-17)18-9-10-4-3-7-20-10/h1-7,12,14,18H,9H2. The molecule has 20 heavy (non-hydrogen) atoms. The Kier molecular flexibility index (Phi) is 5.04. The van der Waals surface area contributed by atoms with E-state index in [1.54, 1.807) is 29.5 Å². The van der Waals surface area contributed by atoms with Crippen molar-refractivity contribution in [2.24, 2.45) is 0 Å². The molecule has 0 bridgehead atoms. The highest BCUT2D eigenvalue weighted by molar-refractivity contribution is 7.09. The molecule has 2 rings (SSSR count). The summed E-state index contributed by atoms with van der Waals surface area (Å²) in [6.45, 7) is -2.41. The molecule has 3 nitrogen and oxygen atoms in total. The van der Waals surface area contributed by atoms with Crippen molar-refractivity contribution in [1.29, 1.82) is 5.26 Å². The number of benzene rings is 1. The average molecular weight is 294 g/mol. The maximum atomic E-state index is 12.4. The number of rotatable bonds is 6. The molecule has 0 saturated carbocycles. The molecule has 1 heterocycles. The number of thiophene rings is 1. The van der Waals surface area contributed by atoms with Gasteiger partial charge in [-0.1, -0.05) is 24.3 Å². The summed E-state index contributed by atoms with van der Waals surface area (Å²) < 4.78 is 29.1. The fourth-order valence-corrected chi connectivity index (χ4v) is 2.42. The number of ether oxygens (including phenoxy) is 1. The van der Waals surface area contributed by atoms with Crippen LogP contribution in [0, 0.1) is 11.3 Å². The molecule has 2 aromatic rings. The van der Waals surface area contributed by atoms with Gasteiger partial charge in [0.2, 0.25) is 0 Å². The van der Waals surface area contributed by atoms with Crippen molar-refractivity contribution in [2.75, 3.05) is 0 Å². The molecular formula is C14H12F2N2OS. The third kappa shape index (κ3) is 3.76. The van der Waals surface area contributed by atoms with Crippen LogP contribution in [-0.2, 0) is 6.54 Å². The van der Waals surface area contributed by atoms with E-state index in [4.69, 9.17) is 0 Å². The van der Waals surface area contributed by atoms with Gasteiger partial charge in [0.1, 0.15) is 11.8 Å². The van der Waals surface area contributed by atoms with Gasteiger partial charge in [-0.2, -0.15) is 14.0 Å². The topological polar surface area (TPSA) is 45.0 Å². The van der Waals surface area contributed by atoms with Crippen molar-refractivity contribution in [3.63, 3.8) is 0 Å². The molecule has 1 aromatic heterocycles. The van der Waals surface area contributed by atoms with Crippen LogP contribution in [0.1, 0.15) is 16.5 Å². The fraction of sp³-hybridized carbons (Fsp3) is 0.214. The average Bonchev–Trinajstić information content (AvgIpc) is 2.94. The van der Waals surface area contributed by atoms with E-state index < -0.39 is 12.7 Å². The lowest BCUT2D eigenvalue weighted by atomic mass is 10.1. The monoisotopic (exact) mass is 294 g/mol. The first-order chi connectivity index (χ1) is 9.70.